The van der Waals surface area contributed by atoms with E-state index in [1.54, 1.807) is 12.1 Å². The van der Waals surface area contributed by atoms with Gasteiger partial charge in [0, 0.05) is 48.2 Å². The fourth-order valence-corrected chi connectivity index (χ4v) is 4.45. The standard InChI is InChI=1S/C24H27ClFN3O2/c25-21-4-2-1-3-20(21)24(31)17-5-7-22(16(13-17)10-12-30)29-11-9-19(15-29)28-23-8-6-18(26)14-27-23/h1-8,13-14,19,23-24,27-28,30-31H,9-12,15H2/t19-,23?,24?/m0/s1. The third-order valence-corrected chi connectivity index (χ3v) is 6.14. The van der Waals surface area contributed by atoms with Crippen molar-refractivity contribution in [1.29, 1.82) is 0 Å². The van der Waals surface area contributed by atoms with Gasteiger partial charge in [0.15, 0.2) is 0 Å². The first-order chi connectivity index (χ1) is 15.0. The van der Waals surface area contributed by atoms with Gasteiger partial charge in [-0.2, -0.15) is 0 Å². The molecular weight excluding hydrogens is 417 g/mol. The highest BCUT2D eigenvalue weighted by Gasteiger charge is 2.26. The van der Waals surface area contributed by atoms with E-state index in [2.05, 4.69) is 15.5 Å². The maximum atomic E-state index is 13.1. The van der Waals surface area contributed by atoms with Crippen molar-refractivity contribution < 1.29 is 14.6 Å². The Kier molecular flexibility index (Phi) is 6.92. The Bertz CT molecular complexity index is 981. The summed E-state index contributed by atoms with van der Waals surface area (Å²) in [4.78, 5) is 2.29. The SMILES string of the molecule is OCCc1cc(C(O)c2ccccc2Cl)ccc1N1CC[C@H](NC2C=CC(F)=CN2)C1. The molecule has 0 radical (unpaired) electrons. The zero-order chi connectivity index (χ0) is 21.8. The minimum absolute atomic E-state index is 0.0306. The van der Waals surface area contributed by atoms with E-state index in [1.807, 2.05) is 36.4 Å². The number of benzene rings is 2. The van der Waals surface area contributed by atoms with E-state index in [0.29, 0.717) is 17.0 Å². The van der Waals surface area contributed by atoms with Crippen LogP contribution in [-0.2, 0) is 6.42 Å². The highest BCUT2D eigenvalue weighted by molar-refractivity contribution is 6.31. The van der Waals surface area contributed by atoms with Crippen LogP contribution in [0.1, 0.15) is 29.2 Å². The minimum Gasteiger partial charge on any atom is -0.396 e. The molecule has 2 unspecified atom stereocenters. The number of hydrogen-bond donors (Lipinski definition) is 4. The molecule has 0 bridgehead atoms. The molecule has 164 valence electrons. The molecule has 4 N–H and O–H groups in total. The Hall–Kier alpha value is -2.38. The summed E-state index contributed by atoms with van der Waals surface area (Å²) < 4.78 is 13.1. The number of nitrogens with zero attached hydrogens (tertiary/aromatic N) is 1. The van der Waals surface area contributed by atoms with Crippen molar-refractivity contribution in [2.24, 2.45) is 0 Å². The van der Waals surface area contributed by atoms with E-state index < -0.39 is 6.10 Å². The van der Waals surface area contributed by atoms with Crippen LogP contribution in [0.5, 0.6) is 0 Å². The van der Waals surface area contributed by atoms with Crippen LogP contribution in [0.4, 0.5) is 10.1 Å². The molecule has 2 aliphatic heterocycles. The van der Waals surface area contributed by atoms with Gasteiger partial charge in [0.1, 0.15) is 11.9 Å². The smallest absolute Gasteiger partial charge is 0.138 e. The Balaban J connectivity index is 1.48. The second-order valence-electron chi connectivity index (χ2n) is 7.92. The molecule has 0 aromatic heterocycles. The highest BCUT2D eigenvalue weighted by atomic mass is 35.5. The average molecular weight is 444 g/mol. The molecule has 2 aliphatic rings. The number of allylic oxidation sites excluding steroid dienone is 2. The maximum absolute atomic E-state index is 13.1. The van der Waals surface area contributed by atoms with E-state index in [1.165, 1.54) is 12.3 Å². The predicted molar refractivity (Wildman–Crippen MR) is 122 cm³/mol. The van der Waals surface area contributed by atoms with Crippen LogP contribution >= 0.6 is 11.6 Å². The van der Waals surface area contributed by atoms with Crippen molar-refractivity contribution in [2.45, 2.75) is 31.2 Å². The number of dihydropyridines is 1. The van der Waals surface area contributed by atoms with E-state index in [0.717, 1.165) is 36.3 Å². The zero-order valence-electron chi connectivity index (χ0n) is 17.1. The van der Waals surface area contributed by atoms with Crippen LogP contribution in [0.3, 0.4) is 0 Å². The molecule has 2 aromatic rings. The molecule has 0 amide bonds. The van der Waals surface area contributed by atoms with E-state index >= 15 is 0 Å². The van der Waals surface area contributed by atoms with Crippen molar-refractivity contribution in [3.63, 3.8) is 0 Å². The van der Waals surface area contributed by atoms with Gasteiger partial charge in [-0.25, -0.2) is 4.39 Å². The molecule has 0 spiro atoms. The van der Waals surface area contributed by atoms with Gasteiger partial charge in [-0.1, -0.05) is 41.9 Å². The normalized spacial score (nSPS) is 21.7. The fraction of sp³-hybridized carbons (Fsp3) is 0.333. The first kappa shape index (κ1) is 21.8. The Morgan fingerprint density at radius 2 is 2.10 bits per heavy atom. The van der Waals surface area contributed by atoms with Crippen molar-refractivity contribution in [3.05, 3.63) is 88.4 Å². The third kappa shape index (κ3) is 5.10. The fourth-order valence-electron chi connectivity index (χ4n) is 4.22. The summed E-state index contributed by atoms with van der Waals surface area (Å²) >= 11 is 6.26. The number of aliphatic hydroxyl groups excluding tert-OH is 2. The van der Waals surface area contributed by atoms with E-state index in [9.17, 15) is 14.6 Å². The molecule has 1 saturated heterocycles. The van der Waals surface area contributed by atoms with Crippen LogP contribution in [0.2, 0.25) is 5.02 Å². The summed E-state index contributed by atoms with van der Waals surface area (Å²) in [5.74, 6) is -0.279. The van der Waals surface area contributed by atoms with Gasteiger partial charge in [-0.05, 0) is 48.3 Å². The van der Waals surface area contributed by atoms with Crippen LogP contribution in [0, 0.1) is 0 Å². The Morgan fingerprint density at radius 3 is 2.84 bits per heavy atom. The van der Waals surface area contributed by atoms with Gasteiger partial charge >= 0.3 is 0 Å². The predicted octanol–water partition coefficient (Wildman–Crippen LogP) is 3.42. The zero-order valence-corrected chi connectivity index (χ0v) is 17.9. The van der Waals surface area contributed by atoms with Gasteiger partial charge in [0.05, 0.1) is 6.17 Å². The molecule has 2 aromatic carbocycles. The molecule has 0 aliphatic carbocycles. The van der Waals surface area contributed by atoms with Gasteiger partial charge in [-0.15, -0.1) is 0 Å². The molecule has 3 atom stereocenters. The lowest BCUT2D eigenvalue weighted by Gasteiger charge is -2.25. The van der Waals surface area contributed by atoms with Crippen molar-refractivity contribution >= 4 is 17.3 Å². The Morgan fingerprint density at radius 1 is 1.26 bits per heavy atom. The molecule has 4 rings (SSSR count). The summed E-state index contributed by atoms with van der Waals surface area (Å²) in [6, 6.07) is 13.4. The van der Waals surface area contributed by atoms with Gasteiger partial charge in [0.25, 0.3) is 0 Å². The number of anilines is 1. The lowest BCUT2D eigenvalue weighted by Crippen LogP contribution is -2.46. The minimum atomic E-state index is -0.828. The average Bonchev–Trinajstić information content (AvgIpc) is 3.24. The van der Waals surface area contributed by atoms with Gasteiger partial charge < -0.3 is 20.4 Å². The lowest BCUT2D eigenvalue weighted by atomic mass is 9.97. The summed E-state index contributed by atoms with van der Waals surface area (Å²) in [5.41, 5.74) is 3.47. The summed E-state index contributed by atoms with van der Waals surface area (Å²) in [5, 5.41) is 27.5. The molecule has 1 fully saturated rings. The molecule has 7 heteroatoms. The van der Waals surface area contributed by atoms with Crippen LogP contribution < -0.4 is 15.5 Å². The van der Waals surface area contributed by atoms with Crippen LogP contribution in [0.25, 0.3) is 0 Å². The van der Waals surface area contributed by atoms with Gasteiger partial charge in [0.2, 0.25) is 0 Å². The molecule has 31 heavy (non-hydrogen) atoms. The van der Waals surface area contributed by atoms with E-state index in [4.69, 9.17) is 11.6 Å². The topological polar surface area (TPSA) is 67.8 Å². The quantitative estimate of drug-likeness (QED) is 0.528. The summed E-state index contributed by atoms with van der Waals surface area (Å²) in [6.07, 6.45) is 5.15. The Labute approximate surface area is 186 Å². The molecular formula is C24H27ClFN3O2. The second-order valence-corrected chi connectivity index (χ2v) is 8.32. The number of halogens is 2. The third-order valence-electron chi connectivity index (χ3n) is 5.79. The summed E-state index contributed by atoms with van der Waals surface area (Å²) in [7, 11) is 0. The monoisotopic (exact) mass is 443 g/mol. The number of hydrogen-bond acceptors (Lipinski definition) is 5. The summed E-state index contributed by atoms with van der Waals surface area (Å²) in [6.45, 7) is 1.72. The number of nitrogens with one attached hydrogen (secondary N) is 2. The second kappa shape index (κ2) is 9.83. The molecule has 0 saturated carbocycles. The van der Waals surface area contributed by atoms with Crippen molar-refractivity contribution in [3.8, 4) is 0 Å². The number of rotatable bonds is 7. The number of aliphatic hydroxyl groups is 2. The molecule has 2 heterocycles. The first-order valence-corrected chi connectivity index (χ1v) is 10.9. The largest absolute Gasteiger partial charge is 0.396 e. The highest BCUT2D eigenvalue weighted by Crippen LogP contribution is 2.32. The lowest BCUT2D eigenvalue weighted by molar-refractivity contribution is 0.220. The van der Waals surface area contributed by atoms with Crippen molar-refractivity contribution in [1.82, 2.24) is 10.6 Å². The van der Waals surface area contributed by atoms with E-state index in [-0.39, 0.29) is 24.6 Å². The van der Waals surface area contributed by atoms with Gasteiger partial charge in [-0.3, -0.25) is 5.32 Å². The maximum Gasteiger partial charge on any atom is 0.138 e. The van der Waals surface area contributed by atoms with Crippen molar-refractivity contribution in [2.75, 3.05) is 24.6 Å². The molecule has 5 nitrogen and oxygen atoms in total. The van der Waals surface area contributed by atoms with Crippen LogP contribution in [-0.4, -0.2) is 42.1 Å². The van der Waals surface area contributed by atoms with Crippen LogP contribution in [0.15, 0.2) is 66.6 Å². The first-order valence-electron chi connectivity index (χ1n) is 10.5.